The van der Waals surface area contributed by atoms with Crippen molar-refractivity contribution < 1.29 is 9.84 Å². The van der Waals surface area contributed by atoms with Crippen LogP contribution in [0, 0.1) is 18.3 Å². The molecule has 2 N–H and O–H groups in total. The average Bonchev–Trinajstić information content (AvgIpc) is 2.61. The normalized spacial score (nSPS) is 11.8. The number of methoxy groups -OCH3 is 1. The van der Waals surface area contributed by atoms with Crippen LogP contribution in [-0.2, 0) is 0 Å². The number of aromatic hydroxyl groups is 1. The quantitative estimate of drug-likeness (QED) is 0.756. The first kappa shape index (κ1) is 16.5. The second-order valence-corrected chi connectivity index (χ2v) is 5.76. The van der Waals surface area contributed by atoms with E-state index in [1.165, 1.54) is 7.11 Å². The molecule has 126 valence electrons. The minimum absolute atomic E-state index is 0.0329. The second kappa shape index (κ2) is 6.65. The number of hydrogen-bond acceptors (Lipinski definition) is 6. The fourth-order valence-electron chi connectivity index (χ4n) is 2.67. The van der Waals surface area contributed by atoms with Gasteiger partial charge >= 0.3 is 0 Å². The first-order chi connectivity index (χ1) is 12.0. The topological polar surface area (TPSA) is 91.1 Å². The molecule has 0 saturated carbocycles. The van der Waals surface area contributed by atoms with Crippen molar-refractivity contribution in [1.29, 1.82) is 5.26 Å². The Morgan fingerprint density at radius 3 is 2.56 bits per heavy atom. The molecule has 0 spiro atoms. The Balaban J connectivity index is 1.99. The fourth-order valence-corrected chi connectivity index (χ4v) is 2.67. The van der Waals surface area contributed by atoms with Crippen molar-refractivity contribution in [3.05, 3.63) is 53.3 Å². The third kappa shape index (κ3) is 3.31. The predicted molar refractivity (Wildman–Crippen MR) is 95.7 cm³/mol. The Morgan fingerprint density at radius 2 is 1.92 bits per heavy atom. The van der Waals surface area contributed by atoms with Crippen LogP contribution in [0.3, 0.4) is 0 Å². The summed E-state index contributed by atoms with van der Waals surface area (Å²) in [6.45, 7) is 3.82. The van der Waals surface area contributed by atoms with Gasteiger partial charge in [-0.2, -0.15) is 5.26 Å². The number of benzene rings is 2. The summed E-state index contributed by atoms with van der Waals surface area (Å²) in [5.41, 5.74) is 2.34. The number of aromatic nitrogens is 2. The summed E-state index contributed by atoms with van der Waals surface area (Å²) in [6.07, 6.45) is 0. The molecular formula is C19H18N4O2. The molecule has 3 rings (SSSR count). The van der Waals surface area contributed by atoms with Gasteiger partial charge in [0.1, 0.15) is 11.6 Å². The lowest BCUT2D eigenvalue weighted by Crippen LogP contribution is -2.09. The van der Waals surface area contributed by atoms with E-state index in [9.17, 15) is 5.11 Å². The van der Waals surface area contributed by atoms with Gasteiger partial charge in [-0.05, 0) is 37.6 Å². The minimum Gasteiger partial charge on any atom is -0.504 e. The molecule has 0 bridgehead atoms. The van der Waals surface area contributed by atoms with Gasteiger partial charge in [0.2, 0.25) is 0 Å². The van der Waals surface area contributed by atoms with Crippen LogP contribution in [-0.4, -0.2) is 22.2 Å². The van der Waals surface area contributed by atoms with Crippen molar-refractivity contribution in [3.63, 3.8) is 0 Å². The van der Waals surface area contributed by atoms with Crippen molar-refractivity contribution >= 4 is 16.7 Å². The summed E-state index contributed by atoms with van der Waals surface area (Å²) in [5.74, 6) is 1.67. The van der Waals surface area contributed by atoms with Crippen LogP contribution in [0.15, 0.2) is 36.4 Å². The smallest absolute Gasteiger partial charge is 0.162 e. The summed E-state index contributed by atoms with van der Waals surface area (Å²) in [7, 11) is 1.50. The van der Waals surface area contributed by atoms with Crippen LogP contribution < -0.4 is 10.1 Å². The molecule has 0 radical (unpaired) electrons. The molecule has 0 aliphatic heterocycles. The number of anilines is 1. The van der Waals surface area contributed by atoms with Crippen LogP contribution in [0.1, 0.15) is 29.9 Å². The molecule has 1 aromatic heterocycles. The number of phenolic OH excluding ortho intramolecular Hbond substituents is 1. The largest absolute Gasteiger partial charge is 0.504 e. The molecule has 0 unspecified atom stereocenters. The second-order valence-electron chi connectivity index (χ2n) is 5.76. The van der Waals surface area contributed by atoms with Gasteiger partial charge in [0.25, 0.3) is 0 Å². The Hall–Kier alpha value is -3.33. The number of aryl methyl sites for hydroxylation is 1. The molecule has 6 nitrogen and oxygen atoms in total. The molecule has 6 heteroatoms. The van der Waals surface area contributed by atoms with E-state index in [1.54, 1.807) is 24.3 Å². The number of ether oxygens (including phenoxy) is 1. The number of hydrogen-bond donors (Lipinski definition) is 2. The van der Waals surface area contributed by atoms with Gasteiger partial charge in [-0.25, -0.2) is 9.97 Å². The summed E-state index contributed by atoms with van der Waals surface area (Å²) < 4.78 is 5.15. The molecule has 1 heterocycles. The third-order valence-electron chi connectivity index (χ3n) is 4.00. The number of fused-ring (bicyclic) bond motifs is 1. The Kier molecular flexibility index (Phi) is 4.40. The van der Waals surface area contributed by atoms with Crippen LogP contribution in [0.4, 0.5) is 5.82 Å². The zero-order valence-electron chi connectivity index (χ0n) is 14.2. The SMILES string of the molecule is COc1cc2nc(C)nc(N[C@H](C)c3ccc(C#N)cc3)c2cc1O. The van der Waals surface area contributed by atoms with E-state index in [1.807, 2.05) is 26.0 Å². The molecule has 1 atom stereocenters. The van der Waals surface area contributed by atoms with Crippen LogP contribution in [0.5, 0.6) is 11.5 Å². The molecule has 0 amide bonds. The Bertz CT molecular complexity index is 962. The fraction of sp³-hybridized carbons (Fsp3) is 0.211. The van der Waals surface area contributed by atoms with Crippen LogP contribution >= 0.6 is 0 Å². The highest BCUT2D eigenvalue weighted by Gasteiger charge is 2.13. The number of nitrogens with one attached hydrogen (secondary N) is 1. The molecule has 0 aliphatic rings. The van der Waals surface area contributed by atoms with Gasteiger partial charge in [0.05, 0.1) is 24.3 Å². The number of rotatable bonds is 4. The van der Waals surface area contributed by atoms with Crippen molar-refractivity contribution in [2.24, 2.45) is 0 Å². The predicted octanol–water partition coefficient (Wildman–Crippen LogP) is 3.70. The first-order valence-corrected chi connectivity index (χ1v) is 7.83. The van der Waals surface area contributed by atoms with E-state index in [2.05, 4.69) is 21.4 Å². The van der Waals surface area contributed by atoms with Gasteiger partial charge in [0, 0.05) is 17.5 Å². The minimum atomic E-state index is -0.0329. The molecular weight excluding hydrogens is 316 g/mol. The molecule has 0 saturated heterocycles. The van der Waals surface area contributed by atoms with E-state index < -0.39 is 0 Å². The van der Waals surface area contributed by atoms with Crippen molar-refractivity contribution in [1.82, 2.24) is 9.97 Å². The zero-order valence-corrected chi connectivity index (χ0v) is 14.2. The van der Waals surface area contributed by atoms with E-state index in [-0.39, 0.29) is 11.8 Å². The summed E-state index contributed by atoms with van der Waals surface area (Å²) in [6, 6.07) is 12.8. The summed E-state index contributed by atoms with van der Waals surface area (Å²) >= 11 is 0. The van der Waals surface area contributed by atoms with Gasteiger partial charge < -0.3 is 15.2 Å². The maximum Gasteiger partial charge on any atom is 0.162 e. The van der Waals surface area contributed by atoms with Gasteiger partial charge in [0.15, 0.2) is 11.5 Å². The maximum atomic E-state index is 10.1. The Morgan fingerprint density at radius 1 is 1.20 bits per heavy atom. The maximum absolute atomic E-state index is 10.1. The van der Waals surface area contributed by atoms with Crippen LogP contribution in [0.2, 0.25) is 0 Å². The number of nitriles is 1. The summed E-state index contributed by atoms with van der Waals surface area (Å²) in [4.78, 5) is 8.88. The van der Waals surface area contributed by atoms with Gasteiger partial charge in [-0.15, -0.1) is 0 Å². The van der Waals surface area contributed by atoms with E-state index >= 15 is 0 Å². The lowest BCUT2D eigenvalue weighted by atomic mass is 10.1. The molecule has 0 fully saturated rings. The highest BCUT2D eigenvalue weighted by atomic mass is 16.5. The van der Waals surface area contributed by atoms with E-state index in [0.29, 0.717) is 33.9 Å². The van der Waals surface area contributed by atoms with Crippen molar-refractivity contribution in [3.8, 4) is 17.6 Å². The van der Waals surface area contributed by atoms with E-state index in [0.717, 1.165) is 5.56 Å². The molecule has 0 aliphatic carbocycles. The summed E-state index contributed by atoms with van der Waals surface area (Å²) in [5, 5.41) is 23.0. The lowest BCUT2D eigenvalue weighted by molar-refractivity contribution is 0.374. The van der Waals surface area contributed by atoms with Gasteiger partial charge in [-0.1, -0.05) is 12.1 Å². The lowest BCUT2D eigenvalue weighted by Gasteiger charge is -2.17. The Labute approximate surface area is 145 Å². The number of nitrogens with zero attached hydrogens (tertiary/aromatic N) is 3. The average molecular weight is 334 g/mol. The van der Waals surface area contributed by atoms with E-state index in [4.69, 9.17) is 10.00 Å². The van der Waals surface area contributed by atoms with Crippen molar-refractivity contribution in [2.45, 2.75) is 19.9 Å². The molecule has 3 aromatic rings. The zero-order chi connectivity index (χ0) is 18.0. The highest BCUT2D eigenvalue weighted by Crippen LogP contribution is 2.34. The monoisotopic (exact) mass is 334 g/mol. The standard InChI is InChI=1S/C19H18N4O2/c1-11(14-6-4-13(10-20)5-7-14)21-19-15-8-17(24)18(25-3)9-16(15)22-12(2)23-19/h4-9,11,24H,1-3H3,(H,21,22,23)/t11-/m1/s1. The molecule has 25 heavy (non-hydrogen) atoms. The number of phenols is 1. The highest BCUT2D eigenvalue weighted by molar-refractivity contribution is 5.91. The first-order valence-electron chi connectivity index (χ1n) is 7.83. The van der Waals surface area contributed by atoms with Crippen molar-refractivity contribution in [2.75, 3.05) is 12.4 Å². The van der Waals surface area contributed by atoms with Crippen LogP contribution in [0.25, 0.3) is 10.9 Å². The molecule has 2 aromatic carbocycles. The third-order valence-corrected chi connectivity index (χ3v) is 4.00. The van der Waals surface area contributed by atoms with Gasteiger partial charge in [-0.3, -0.25) is 0 Å².